The normalized spacial score (nSPS) is 50.6. The molecule has 0 spiro atoms. The minimum Gasteiger partial charge on any atom is -0.513 e. The van der Waals surface area contributed by atoms with Gasteiger partial charge >= 0.3 is 0 Å². The lowest BCUT2D eigenvalue weighted by atomic mass is 9.44. The van der Waals surface area contributed by atoms with E-state index in [4.69, 9.17) is 5.73 Å². The van der Waals surface area contributed by atoms with Crippen molar-refractivity contribution < 1.29 is 5.11 Å². The Labute approximate surface area is 161 Å². The fourth-order valence-electron chi connectivity index (χ4n) is 8.43. The summed E-state index contributed by atoms with van der Waals surface area (Å²) in [5, 5.41) is 9.43. The number of hydrogen-bond acceptors (Lipinski definition) is 2. The van der Waals surface area contributed by atoms with Crippen molar-refractivity contribution in [2.24, 2.45) is 46.2 Å². The van der Waals surface area contributed by atoms with Crippen LogP contribution in [0.25, 0.3) is 0 Å². The molecule has 4 fully saturated rings. The highest BCUT2D eigenvalue weighted by Gasteiger charge is 2.59. The molecule has 8 atom stereocenters. The van der Waals surface area contributed by atoms with Gasteiger partial charge in [0.25, 0.3) is 0 Å². The molecule has 3 N–H and O–H groups in total. The predicted octanol–water partition coefficient (Wildman–Crippen LogP) is 6.21. The van der Waals surface area contributed by atoms with E-state index in [2.05, 4.69) is 20.4 Å². The Bertz CT molecular complexity index is 544. The van der Waals surface area contributed by atoms with Gasteiger partial charge in [-0.05, 0) is 111 Å². The second-order valence-electron chi connectivity index (χ2n) is 11.0. The zero-order valence-electron chi connectivity index (χ0n) is 17.2. The average Bonchev–Trinajstić information content (AvgIpc) is 2.92. The van der Waals surface area contributed by atoms with E-state index in [0.29, 0.717) is 22.6 Å². The summed E-state index contributed by atoms with van der Waals surface area (Å²) < 4.78 is 0. The minimum atomic E-state index is 0.371. The standard InChI is InChI=1S/C24H41NO/c1-16(26)5-4-6-17-8-10-21-20-9-7-18-15-19(25)11-13-24(18,3)22(20)12-14-23(17,21)2/h17-22,26H,1,4-15,25H2,2-3H3. The van der Waals surface area contributed by atoms with Crippen LogP contribution in [0.1, 0.15) is 90.9 Å². The van der Waals surface area contributed by atoms with Gasteiger partial charge in [0.15, 0.2) is 0 Å². The Morgan fingerprint density at radius 3 is 2.50 bits per heavy atom. The van der Waals surface area contributed by atoms with Gasteiger partial charge in [0.1, 0.15) is 0 Å². The zero-order chi connectivity index (χ0) is 18.5. The summed E-state index contributed by atoms with van der Waals surface area (Å²) in [6.45, 7) is 8.94. The molecule has 0 radical (unpaired) electrons. The summed E-state index contributed by atoms with van der Waals surface area (Å²) in [5.74, 6) is 5.03. The van der Waals surface area contributed by atoms with E-state index in [1.165, 1.54) is 64.2 Å². The summed E-state index contributed by atoms with van der Waals surface area (Å²) in [6.07, 6.45) is 15.8. The number of aliphatic hydroxyl groups excluding tert-OH is 1. The number of allylic oxidation sites excluding steroid dienone is 1. The lowest BCUT2D eigenvalue weighted by Gasteiger charge is -2.61. The van der Waals surface area contributed by atoms with Crippen molar-refractivity contribution in [1.29, 1.82) is 0 Å². The van der Waals surface area contributed by atoms with Crippen LogP contribution in [0.4, 0.5) is 0 Å². The topological polar surface area (TPSA) is 46.2 Å². The van der Waals surface area contributed by atoms with Crippen molar-refractivity contribution in [3.8, 4) is 0 Å². The Morgan fingerprint density at radius 2 is 1.73 bits per heavy atom. The van der Waals surface area contributed by atoms with E-state index in [9.17, 15) is 5.11 Å². The molecule has 0 aromatic rings. The molecule has 2 nitrogen and oxygen atoms in total. The Morgan fingerprint density at radius 1 is 1.00 bits per heavy atom. The molecule has 0 saturated heterocycles. The predicted molar refractivity (Wildman–Crippen MR) is 109 cm³/mol. The molecular formula is C24H41NO. The first-order chi connectivity index (χ1) is 12.3. The van der Waals surface area contributed by atoms with Gasteiger partial charge in [-0.25, -0.2) is 0 Å². The molecule has 0 aliphatic heterocycles. The molecule has 4 rings (SSSR count). The van der Waals surface area contributed by atoms with Crippen molar-refractivity contribution in [2.75, 3.05) is 0 Å². The van der Waals surface area contributed by atoms with Gasteiger partial charge in [0.05, 0.1) is 5.76 Å². The maximum atomic E-state index is 9.43. The molecule has 0 aromatic heterocycles. The molecule has 0 amide bonds. The van der Waals surface area contributed by atoms with Gasteiger partial charge in [-0.3, -0.25) is 0 Å². The molecule has 0 heterocycles. The molecule has 0 bridgehead atoms. The highest BCUT2D eigenvalue weighted by molar-refractivity contribution is 5.09. The van der Waals surface area contributed by atoms with Gasteiger partial charge in [-0.2, -0.15) is 0 Å². The molecule has 4 aliphatic rings. The summed E-state index contributed by atoms with van der Waals surface area (Å²) in [4.78, 5) is 0. The van der Waals surface area contributed by atoms with Crippen LogP contribution < -0.4 is 5.73 Å². The van der Waals surface area contributed by atoms with Crippen molar-refractivity contribution in [3.05, 3.63) is 12.3 Å². The first-order valence-electron chi connectivity index (χ1n) is 11.5. The van der Waals surface area contributed by atoms with Crippen LogP contribution in [0.2, 0.25) is 0 Å². The summed E-state index contributed by atoms with van der Waals surface area (Å²) in [5.41, 5.74) is 7.48. The van der Waals surface area contributed by atoms with Crippen LogP contribution >= 0.6 is 0 Å². The van der Waals surface area contributed by atoms with Crippen LogP contribution in [-0.2, 0) is 0 Å². The molecular weight excluding hydrogens is 318 g/mol. The maximum absolute atomic E-state index is 9.43. The van der Waals surface area contributed by atoms with Crippen molar-refractivity contribution in [2.45, 2.75) is 96.9 Å². The van der Waals surface area contributed by atoms with E-state index < -0.39 is 0 Å². The van der Waals surface area contributed by atoms with Gasteiger partial charge in [-0.1, -0.05) is 20.4 Å². The van der Waals surface area contributed by atoms with Crippen LogP contribution in [0.15, 0.2) is 12.3 Å². The largest absolute Gasteiger partial charge is 0.513 e. The van der Waals surface area contributed by atoms with Crippen molar-refractivity contribution in [3.63, 3.8) is 0 Å². The van der Waals surface area contributed by atoms with Crippen molar-refractivity contribution in [1.82, 2.24) is 0 Å². The Balaban J connectivity index is 1.48. The number of nitrogens with two attached hydrogens (primary N) is 1. The minimum absolute atomic E-state index is 0.371. The molecule has 148 valence electrons. The summed E-state index contributed by atoms with van der Waals surface area (Å²) in [7, 11) is 0. The second-order valence-corrected chi connectivity index (χ2v) is 11.0. The maximum Gasteiger partial charge on any atom is 0.0851 e. The van der Waals surface area contributed by atoms with Crippen LogP contribution in [0.3, 0.4) is 0 Å². The van der Waals surface area contributed by atoms with E-state index in [0.717, 1.165) is 42.4 Å². The average molecular weight is 360 g/mol. The third-order valence-electron chi connectivity index (χ3n) is 9.92. The fourth-order valence-corrected chi connectivity index (χ4v) is 8.43. The van der Waals surface area contributed by atoms with E-state index in [1.807, 2.05) is 0 Å². The molecule has 0 aromatic carbocycles. The Hall–Kier alpha value is -0.500. The SMILES string of the molecule is C=C(O)CCCC1CCC2C3CCC4CC(N)CCC4(C)C3CCC12C. The highest BCUT2D eigenvalue weighted by Crippen LogP contribution is 2.67. The number of fused-ring (bicyclic) bond motifs is 5. The van der Waals surface area contributed by atoms with Gasteiger partial charge in [0.2, 0.25) is 0 Å². The van der Waals surface area contributed by atoms with Crippen LogP contribution in [0.5, 0.6) is 0 Å². The Kier molecular flexibility index (Phi) is 4.95. The zero-order valence-corrected chi connectivity index (χ0v) is 17.2. The second kappa shape index (κ2) is 6.83. The highest BCUT2D eigenvalue weighted by atomic mass is 16.3. The molecule has 4 saturated carbocycles. The fraction of sp³-hybridized carbons (Fsp3) is 0.917. The number of aliphatic hydroxyl groups is 1. The van der Waals surface area contributed by atoms with E-state index in [-0.39, 0.29) is 0 Å². The number of rotatable bonds is 4. The third-order valence-corrected chi connectivity index (χ3v) is 9.92. The summed E-state index contributed by atoms with van der Waals surface area (Å²) >= 11 is 0. The molecule has 2 heteroatoms. The summed E-state index contributed by atoms with van der Waals surface area (Å²) in [6, 6.07) is 0.468. The van der Waals surface area contributed by atoms with E-state index in [1.54, 1.807) is 0 Å². The van der Waals surface area contributed by atoms with Crippen molar-refractivity contribution >= 4 is 0 Å². The lowest BCUT2D eigenvalue weighted by molar-refractivity contribution is -0.113. The van der Waals surface area contributed by atoms with Gasteiger partial charge in [0, 0.05) is 12.5 Å². The molecule has 26 heavy (non-hydrogen) atoms. The van der Waals surface area contributed by atoms with Crippen LogP contribution in [0, 0.1) is 40.4 Å². The number of hydrogen-bond donors (Lipinski definition) is 2. The lowest BCUT2D eigenvalue weighted by Crippen LogP contribution is -2.54. The first kappa shape index (κ1) is 18.8. The van der Waals surface area contributed by atoms with Gasteiger partial charge in [-0.15, -0.1) is 0 Å². The third kappa shape index (κ3) is 2.95. The van der Waals surface area contributed by atoms with Gasteiger partial charge < -0.3 is 10.8 Å². The monoisotopic (exact) mass is 359 g/mol. The van der Waals surface area contributed by atoms with E-state index >= 15 is 0 Å². The first-order valence-corrected chi connectivity index (χ1v) is 11.5. The molecule has 4 aliphatic carbocycles. The van der Waals surface area contributed by atoms with Crippen LogP contribution in [-0.4, -0.2) is 11.1 Å². The molecule has 8 unspecified atom stereocenters. The quantitative estimate of drug-likeness (QED) is 0.586. The smallest absolute Gasteiger partial charge is 0.0851 e.